The second-order valence-electron chi connectivity index (χ2n) is 3.46. The summed E-state index contributed by atoms with van der Waals surface area (Å²) in [5, 5.41) is 5.98. The molecule has 2 heterocycles. The monoisotopic (exact) mass is 251 g/mol. The minimum Gasteiger partial charge on any atom is -0.481 e. The van der Waals surface area contributed by atoms with Crippen molar-refractivity contribution in [3.8, 4) is 5.88 Å². The first-order valence-electron chi connectivity index (χ1n) is 4.95. The van der Waals surface area contributed by atoms with Gasteiger partial charge < -0.3 is 10.5 Å². The fourth-order valence-corrected chi connectivity index (χ4v) is 2.28. The van der Waals surface area contributed by atoms with E-state index >= 15 is 0 Å². The van der Waals surface area contributed by atoms with E-state index in [0.717, 1.165) is 15.7 Å². The first-order chi connectivity index (χ1) is 8.08. The average molecular weight is 251 g/mol. The van der Waals surface area contributed by atoms with Crippen LogP contribution in [0.25, 0.3) is 0 Å². The predicted molar refractivity (Wildman–Crippen MR) is 65.1 cm³/mol. The lowest BCUT2D eigenvalue weighted by Gasteiger charge is -2.04. The zero-order valence-corrected chi connectivity index (χ0v) is 10.7. The lowest BCUT2D eigenvalue weighted by Crippen LogP contribution is -1.99. The van der Waals surface area contributed by atoms with Gasteiger partial charge in [0.2, 0.25) is 11.8 Å². The standard InChI is InChI=1S/C10H13N5OS/c1-6-4-9(15(2)14-6)17-8-5-7(16-3)12-10(11)13-8/h4-5H,1-3H3,(H2,11,12,13). The maximum Gasteiger partial charge on any atom is 0.224 e. The highest BCUT2D eigenvalue weighted by Crippen LogP contribution is 2.28. The zero-order valence-electron chi connectivity index (χ0n) is 9.84. The van der Waals surface area contributed by atoms with E-state index in [1.165, 1.54) is 11.8 Å². The fourth-order valence-electron chi connectivity index (χ4n) is 1.37. The first-order valence-corrected chi connectivity index (χ1v) is 5.77. The Hall–Kier alpha value is -1.76. The molecule has 7 heteroatoms. The molecule has 0 amide bonds. The lowest BCUT2D eigenvalue weighted by molar-refractivity contribution is 0.396. The molecule has 6 nitrogen and oxygen atoms in total. The number of hydrogen-bond acceptors (Lipinski definition) is 6. The van der Waals surface area contributed by atoms with Gasteiger partial charge in [-0.3, -0.25) is 4.68 Å². The summed E-state index contributed by atoms with van der Waals surface area (Å²) in [6.07, 6.45) is 0. The smallest absolute Gasteiger partial charge is 0.224 e. The molecule has 2 aromatic heterocycles. The topological polar surface area (TPSA) is 78.8 Å². The van der Waals surface area contributed by atoms with Gasteiger partial charge in [0.1, 0.15) is 10.1 Å². The summed E-state index contributed by atoms with van der Waals surface area (Å²) in [5.41, 5.74) is 6.56. The Morgan fingerprint density at radius 1 is 1.35 bits per heavy atom. The minimum atomic E-state index is 0.200. The Bertz CT molecular complexity index is 539. The van der Waals surface area contributed by atoms with Gasteiger partial charge in [0.25, 0.3) is 0 Å². The van der Waals surface area contributed by atoms with Crippen molar-refractivity contribution in [2.24, 2.45) is 7.05 Å². The van der Waals surface area contributed by atoms with Crippen LogP contribution in [0, 0.1) is 6.92 Å². The second kappa shape index (κ2) is 4.62. The SMILES string of the molecule is COc1cc(Sc2cc(C)nn2C)nc(N)n1. The number of aromatic nitrogens is 4. The van der Waals surface area contributed by atoms with Crippen molar-refractivity contribution < 1.29 is 4.74 Å². The van der Waals surface area contributed by atoms with Crippen molar-refractivity contribution in [3.05, 3.63) is 17.8 Å². The maximum absolute atomic E-state index is 5.59. The van der Waals surface area contributed by atoms with Gasteiger partial charge in [-0.25, -0.2) is 4.98 Å². The Labute approximate surface area is 103 Å². The van der Waals surface area contributed by atoms with Crippen LogP contribution in [0.4, 0.5) is 5.95 Å². The molecule has 0 saturated heterocycles. The van der Waals surface area contributed by atoms with Crippen molar-refractivity contribution in [1.82, 2.24) is 19.7 Å². The van der Waals surface area contributed by atoms with Gasteiger partial charge in [0.05, 0.1) is 12.8 Å². The van der Waals surface area contributed by atoms with Crippen molar-refractivity contribution in [3.63, 3.8) is 0 Å². The van der Waals surface area contributed by atoms with Crippen molar-refractivity contribution in [2.75, 3.05) is 12.8 Å². The quantitative estimate of drug-likeness (QED) is 0.827. The summed E-state index contributed by atoms with van der Waals surface area (Å²) in [5.74, 6) is 0.657. The van der Waals surface area contributed by atoms with Crippen LogP contribution < -0.4 is 10.5 Å². The number of ether oxygens (including phenoxy) is 1. The number of nitrogens with zero attached hydrogens (tertiary/aromatic N) is 4. The van der Waals surface area contributed by atoms with Gasteiger partial charge >= 0.3 is 0 Å². The van der Waals surface area contributed by atoms with Crippen LogP contribution in [-0.2, 0) is 7.05 Å². The van der Waals surface area contributed by atoms with Crippen LogP contribution in [0.3, 0.4) is 0 Å². The van der Waals surface area contributed by atoms with E-state index in [4.69, 9.17) is 10.5 Å². The Balaban J connectivity index is 2.29. The van der Waals surface area contributed by atoms with Gasteiger partial charge in [0.15, 0.2) is 0 Å². The second-order valence-corrected chi connectivity index (χ2v) is 4.50. The van der Waals surface area contributed by atoms with Gasteiger partial charge in [-0.15, -0.1) is 0 Å². The molecule has 0 saturated carbocycles. The molecule has 0 radical (unpaired) electrons. The molecule has 2 N–H and O–H groups in total. The third-order valence-corrected chi connectivity index (χ3v) is 3.08. The number of nitrogens with two attached hydrogens (primary N) is 1. The van der Waals surface area contributed by atoms with Gasteiger partial charge in [-0.1, -0.05) is 11.8 Å². The molecule has 0 aliphatic heterocycles. The molecule has 0 aromatic carbocycles. The molecule has 0 atom stereocenters. The number of hydrogen-bond donors (Lipinski definition) is 1. The van der Waals surface area contributed by atoms with Crippen LogP contribution in [0.2, 0.25) is 0 Å². The van der Waals surface area contributed by atoms with Crippen LogP contribution >= 0.6 is 11.8 Å². The van der Waals surface area contributed by atoms with E-state index < -0.39 is 0 Å². The highest BCUT2D eigenvalue weighted by atomic mass is 32.2. The molecular formula is C10H13N5OS. The Morgan fingerprint density at radius 3 is 2.71 bits per heavy atom. The summed E-state index contributed by atoms with van der Waals surface area (Å²) in [6, 6.07) is 3.72. The third-order valence-electron chi connectivity index (χ3n) is 2.07. The summed E-state index contributed by atoms with van der Waals surface area (Å²) in [4.78, 5) is 8.07. The third kappa shape index (κ3) is 2.68. The van der Waals surface area contributed by atoms with Crippen molar-refractivity contribution >= 4 is 17.7 Å². The first kappa shape index (κ1) is 11.7. The number of anilines is 1. The van der Waals surface area contributed by atoms with Crippen molar-refractivity contribution in [1.29, 1.82) is 0 Å². The molecule has 0 spiro atoms. The van der Waals surface area contributed by atoms with Crippen molar-refractivity contribution in [2.45, 2.75) is 17.0 Å². The van der Waals surface area contributed by atoms with Gasteiger partial charge in [0, 0.05) is 13.1 Å². The maximum atomic E-state index is 5.59. The summed E-state index contributed by atoms with van der Waals surface area (Å²) < 4.78 is 6.84. The molecule has 17 heavy (non-hydrogen) atoms. The van der Waals surface area contributed by atoms with E-state index in [2.05, 4.69) is 15.1 Å². The largest absolute Gasteiger partial charge is 0.481 e. The molecule has 0 aliphatic carbocycles. The normalized spacial score (nSPS) is 10.5. The van der Waals surface area contributed by atoms with E-state index in [-0.39, 0.29) is 5.95 Å². The van der Waals surface area contributed by atoms with E-state index in [9.17, 15) is 0 Å². The highest BCUT2D eigenvalue weighted by Gasteiger charge is 2.08. The molecule has 0 bridgehead atoms. The number of nitrogen functional groups attached to an aromatic ring is 1. The van der Waals surface area contributed by atoms with Gasteiger partial charge in [-0.2, -0.15) is 10.1 Å². The molecule has 0 fully saturated rings. The number of rotatable bonds is 3. The van der Waals surface area contributed by atoms with Gasteiger partial charge in [-0.05, 0) is 13.0 Å². The minimum absolute atomic E-state index is 0.200. The number of methoxy groups -OCH3 is 1. The Kier molecular flexibility index (Phi) is 3.19. The Morgan fingerprint density at radius 2 is 2.12 bits per heavy atom. The van der Waals surface area contributed by atoms with Crippen LogP contribution in [0.5, 0.6) is 5.88 Å². The van der Waals surface area contributed by atoms with Crippen LogP contribution in [0.15, 0.2) is 22.2 Å². The molecule has 0 aliphatic rings. The number of aryl methyl sites for hydroxylation is 2. The summed E-state index contributed by atoms with van der Waals surface area (Å²) >= 11 is 1.47. The average Bonchev–Trinajstić information content (AvgIpc) is 2.56. The predicted octanol–water partition coefficient (Wildman–Crippen LogP) is 1.26. The molecule has 2 rings (SSSR count). The zero-order chi connectivity index (χ0) is 12.4. The molecular weight excluding hydrogens is 238 g/mol. The van der Waals surface area contributed by atoms with E-state index in [1.807, 2.05) is 20.0 Å². The van der Waals surface area contributed by atoms with Crippen LogP contribution in [-0.4, -0.2) is 26.9 Å². The summed E-state index contributed by atoms with van der Waals surface area (Å²) in [7, 11) is 3.43. The highest BCUT2D eigenvalue weighted by molar-refractivity contribution is 7.99. The molecule has 2 aromatic rings. The van der Waals surface area contributed by atoms with E-state index in [1.54, 1.807) is 17.9 Å². The summed E-state index contributed by atoms with van der Waals surface area (Å²) in [6.45, 7) is 1.94. The molecule has 90 valence electrons. The molecule has 0 unspecified atom stereocenters. The van der Waals surface area contributed by atoms with Crippen LogP contribution in [0.1, 0.15) is 5.69 Å². The van der Waals surface area contributed by atoms with E-state index in [0.29, 0.717) is 5.88 Å². The fraction of sp³-hybridized carbons (Fsp3) is 0.300. The lowest BCUT2D eigenvalue weighted by atomic mass is 10.5.